The number of hydrogen-bond acceptors (Lipinski definition) is 5. The molecule has 1 N–H and O–H groups in total. The van der Waals surface area contributed by atoms with Crippen LogP contribution in [-0.4, -0.2) is 49.3 Å². The van der Waals surface area contributed by atoms with E-state index in [4.69, 9.17) is 9.47 Å². The molecule has 0 radical (unpaired) electrons. The van der Waals surface area contributed by atoms with Crippen LogP contribution < -0.4 is 9.46 Å². The molecule has 2 aliphatic rings. The van der Waals surface area contributed by atoms with E-state index in [-0.39, 0.29) is 23.8 Å². The second-order valence-electron chi connectivity index (χ2n) is 7.57. The number of alkyl halides is 3. The lowest BCUT2D eigenvalue weighted by Gasteiger charge is -2.31. The normalized spacial score (nSPS) is 22.8. The van der Waals surface area contributed by atoms with E-state index in [1.165, 1.54) is 0 Å². The van der Waals surface area contributed by atoms with Gasteiger partial charge in [0.05, 0.1) is 35.9 Å². The van der Waals surface area contributed by atoms with E-state index in [0.717, 1.165) is 17.1 Å². The van der Waals surface area contributed by atoms with Crippen molar-refractivity contribution in [1.29, 1.82) is 0 Å². The molecule has 0 unspecified atom stereocenters. The van der Waals surface area contributed by atoms with Crippen LogP contribution in [0.5, 0.6) is 5.75 Å². The molecule has 1 aromatic heterocycles. The molecule has 0 spiro atoms. The van der Waals surface area contributed by atoms with E-state index in [9.17, 15) is 21.6 Å². The standard InChI is InChI=1S/C19H22F3N3O4S/c20-19(21,22)14-9-23-25(10-14)15-1-3-16(4-2-15)29-12-13-11-28-8-7-18(13)24-30(26,27)17-5-6-17/h1-4,9-10,13,17-18,24H,5-8,11-12H2/t13-,18+/m1/s1. The summed E-state index contributed by atoms with van der Waals surface area (Å²) >= 11 is 0. The minimum Gasteiger partial charge on any atom is -0.493 e. The van der Waals surface area contributed by atoms with Gasteiger partial charge in [0, 0.05) is 24.8 Å². The maximum Gasteiger partial charge on any atom is 0.419 e. The maximum atomic E-state index is 12.7. The number of rotatable bonds is 7. The zero-order valence-electron chi connectivity index (χ0n) is 16.0. The average Bonchev–Trinajstić information content (AvgIpc) is 3.44. The van der Waals surface area contributed by atoms with Crippen molar-refractivity contribution in [3.8, 4) is 11.4 Å². The number of hydrogen-bond donors (Lipinski definition) is 1. The van der Waals surface area contributed by atoms with Crippen molar-refractivity contribution in [3.63, 3.8) is 0 Å². The second-order valence-corrected chi connectivity index (χ2v) is 9.56. The molecule has 1 saturated heterocycles. The van der Waals surface area contributed by atoms with E-state index in [0.29, 0.717) is 43.9 Å². The number of halogens is 3. The Morgan fingerprint density at radius 1 is 1.20 bits per heavy atom. The number of benzene rings is 1. The van der Waals surface area contributed by atoms with Gasteiger partial charge < -0.3 is 9.47 Å². The molecule has 0 amide bonds. The van der Waals surface area contributed by atoms with E-state index in [1.807, 2.05) is 0 Å². The van der Waals surface area contributed by atoms with Crippen LogP contribution in [0.3, 0.4) is 0 Å². The molecule has 2 aromatic rings. The predicted molar refractivity (Wildman–Crippen MR) is 102 cm³/mol. The monoisotopic (exact) mass is 445 g/mol. The van der Waals surface area contributed by atoms with E-state index >= 15 is 0 Å². The van der Waals surface area contributed by atoms with Gasteiger partial charge in [0.15, 0.2) is 0 Å². The Hall–Kier alpha value is -2.11. The molecule has 1 aliphatic carbocycles. The first-order valence-electron chi connectivity index (χ1n) is 9.66. The Bertz CT molecular complexity index is 972. The summed E-state index contributed by atoms with van der Waals surface area (Å²) in [6, 6.07) is 6.24. The number of ether oxygens (including phenoxy) is 2. The molecule has 4 rings (SSSR count). The second kappa shape index (κ2) is 8.20. The lowest BCUT2D eigenvalue weighted by Crippen LogP contribution is -2.48. The molecule has 2 heterocycles. The fourth-order valence-corrected chi connectivity index (χ4v) is 4.99. The number of nitrogens with zero attached hydrogens (tertiary/aromatic N) is 2. The van der Waals surface area contributed by atoms with Crippen LogP contribution in [0.4, 0.5) is 13.2 Å². The maximum absolute atomic E-state index is 12.7. The molecule has 1 aromatic carbocycles. The Morgan fingerprint density at radius 3 is 2.57 bits per heavy atom. The topological polar surface area (TPSA) is 82.5 Å². The minimum absolute atomic E-state index is 0.132. The molecule has 1 aliphatic heterocycles. The van der Waals surface area contributed by atoms with Gasteiger partial charge in [-0.15, -0.1) is 0 Å². The molecule has 30 heavy (non-hydrogen) atoms. The highest BCUT2D eigenvalue weighted by Crippen LogP contribution is 2.30. The Balaban J connectivity index is 1.36. The van der Waals surface area contributed by atoms with Crippen molar-refractivity contribution in [1.82, 2.24) is 14.5 Å². The Labute approximate surface area is 172 Å². The summed E-state index contributed by atoms with van der Waals surface area (Å²) < 4.78 is 77.8. The quantitative estimate of drug-likeness (QED) is 0.709. The highest BCUT2D eigenvalue weighted by molar-refractivity contribution is 7.90. The molecule has 7 nitrogen and oxygen atoms in total. The lowest BCUT2D eigenvalue weighted by molar-refractivity contribution is -0.137. The summed E-state index contributed by atoms with van der Waals surface area (Å²) in [5.74, 6) is 0.392. The summed E-state index contributed by atoms with van der Waals surface area (Å²) in [7, 11) is -3.30. The van der Waals surface area contributed by atoms with Gasteiger partial charge in [-0.2, -0.15) is 18.3 Å². The summed E-state index contributed by atoms with van der Waals surface area (Å²) in [6.45, 7) is 1.15. The Kier molecular flexibility index (Phi) is 5.78. The van der Waals surface area contributed by atoms with Crippen LogP contribution in [0.25, 0.3) is 5.69 Å². The van der Waals surface area contributed by atoms with Crippen molar-refractivity contribution in [2.24, 2.45) is 5.92 Å². The van der Waals surface area contributed by atoms with Crippen LogP contribution >= 0.6 is 0 Å². The number of aromatic nitrogens is 2. The van der Waals surface area contributed by atoms with Crippen LogP contribution in [0.2, 0.25) is 0 Å². The van der Waals surface area contributed by atoms with Crippen molar-refractivity contribution in [2.45, 2.75) is 36.7 Å². The highest BCUT2D eigenvalue weighted by Gasteiger charge is 2.39. The first kappa shape index (κ1) is 21.1. The van der Waals surface area contributed by atoms with Gasteiger partial charge in [-0.3, -0.25) is 0 Å². The van der Waals surface area contributed by atoms with Crippen LogP contribution in [0.1, 0.15) is 24.8 Å². The zero-order valence-corrected chi connectivity index (χ0v) is 16.8. The molecule has 0 bridgehead atoms. The minimum atomic E-state index is -4.44. The van der Waals surface area contributed by atoms with Gasteiger partial charge >= 0.3 is 6.18 Å². The van der Waals surface area contributed by atoms with Gasteiger partial charge in [-0.05, 0) is 43.5 Å². The lowest BCUT2D eigenvalue weighted by atomic mass is 9.98. The van der Waals surface area contributed by atoms with Gasteiger partial charge in [-0.25, -0.2) is 17.8 Å². The van der Waals surface area contributed by atoms with Gasteiger partial charge in [0.2, 0.25) is 10.0 Å². The SMILES string of the molecule is O=S(=O)(N[C@H]1CCOC[C@@H]1COc1ccc(-n2cc(C(F)(F)F)cn2)cc1)C1CC1. The first-order chi connectivity index (χ1) is 14.2. The largest absolute Gasteiger partial charge is 0.493 e. The van der Waals surface area contributed by atoms with Crippen molar-refractivity contribution in [3.05, 3.63) is 42.2 Å². The molecule has 2 fully saturated rings. The summed E-state index contributed by atoms with van der Waals surface area (Å²) in [4.78, 5) is 0. The van der Waals surface area contributed by atoms with Crippen LogP contribution in [-0.2, 0) is 20.9 Å². The van der Waals surface area contributed by atoms with Crippen molar-refractivity contribution < 1.29 is 31.1 Å². The fourth-order valence-electron chi connectivity index (χ4n) is 3.31. The molecule has 11 heteroatoms. The average molecular weight is 445 g/mol. The van der Waals surface area contributed by atoms with Crippen molar-refractivity contribution >= 4 is 10.0 Å². The Morgan fingerprint density at radius 2 is 1.93 bits per heavy atom. The summed E-state index contributed by atoms with van der Waals surface area (Å²) in [5, 5.41) is 3.46. The summed E-state index contributed by atoms with van der Waals surface area (Å²) in [6.07, 6.45) is -0.762. The summed E-state index contributed by atoms with van der Waals surface area (Å²) in [5.41, 5.74) is -0.353. The van der Waals surface area contributed by atoms with Crippen LogP contribution in [0, 0.1) is 5.92 Å². The molecule has 2 atom stereocenters. The van der Waals surface area contributed by atoms with Gasteiger partial charge in [0.1, 0.15) is 5.75 Å². The van der Waals surface area contributed by atoms with Gasteiger partial charge in [0.25, 0.3) is 0 Å². The van der Waals surface area contributed by atoms with Crippen LogP contribution in [0.15, 0.2) is 36.7 Å². The predicted octanol–water partition coefficient (Wildman–Crippen LogP) is 2.76. The van der Waals surface area contributed by atoms with E-state index < -0.39 is 21.8 Å². The van der Waals surface area contributed by atoms with Crippen molar-refractivity contribution in [2.75, 3.05) is 19.8 Å². The first-order valence-corrected chi connectivity index (χ1v) is 11.2. The highest BCUT2D eigenvalue weighted by atomic mass is 32.2. The zero-order chi connectivity index (χ0) is 21.4. The fraction of sp³-hybridized carbons (Fsp3) is 0.526. The molecule has 164 valence electrons. The van der Waals surface area contributed by atoms with E-state index in [1.54, 1.807) is 24.3 Å². The van der Waals surface area contributed by atoms with Gasteiger partial charge in [-0.1, -0.05) is 0 Å². The third-order valence-corrected chi connectivity index (χ3v) is 7.21. The van der Waals surface area contributed by atoms with E-state index in [2.05, 4.69) is 9.82 Å². The number of sulfonamides is 1. The molecular formula is C19H22F3N3O4S. The smallest absolute Gasteiger partial charge is 0.419 e. The third-order valence-electron chi connectivity index (χ3n) is 5.23. The number of nitrogens with one attached hydrogen (secondary N) is 1. The molecule has 1 saturated carbocycles. The molecular weight excluding hydrogens is 423 g/mol. The third kappa shape index (κ3) is 4.96.